The Balaban J connectivity index is 1.57. The summed E-state index contributed by atoms with van der Waals surface area (Å²) in [5, 5.41) is 3.55. The SMILES string of the molecule is O=C(Nc1cncc(Cl)n1)Oc1ccc2nc(-c3c(Cl)cccc3Cl)[nH]c2c1. The average molecular weight is 435 g/mol. The quantitative estimate of drug-likeness (QED) is 0.438. The highest BCUT2D eigenvalue weighted by molar-refractivity contribution is 6.39. The molecule has 2 aromatic carbocycles. The van der Waals surface area contributed by atoms with Gasteiger partial charge in [0, 0.05) is 6.07 Å². The largest absolute Gasteiger partial charge is 0.418 e. The van der Waals surface area contributed by atoms with Crippen molar-refractivity contribution in [1.82, 2.24) is 19.9 Å². The minimum absolute atomic E-state index is 0.155. The second-order valence-corrected chi connectivity index (χ2v) is 6.80. The maximum atomic E-state index is 12.0. The maximum absolute atomic E-state index is 12.0. The number of nitrogens with zero attached hydrogens (tertiary/aromatic N) is 3. The number of amides is 1. The van der Waals surface area contributed by atoms with Crippen LogP contribution in [-0.2, 0) is 0 Å². The van der Waals surface area contributed by atoms with Crippen molar-refractivity contribution in [2.24, 2.45) is 0 Å². The topological polar surface area (TPSA) is 92.8 Å². The molecule has 7 nitrogen and oxygen atoms in total. The van der Waals surface area contributed by atoms with Crippen LogP contribution in [0.15, 0.2) is 48.8 Å². The fraction of sp³-hybridized carbons (Fsp3) is 0. The standard InChI is InChI=1S/C18H10Cl3N5O2/c19-10-2-1-3-11(20)16(10)17-23-12-5-4-9(6-13(12)24-17)28-18(27)26-15-8-22-7-14(21)25-15/h1-8H,(H,23,24)(H,25,26,27). The lowest BCUT2D eigenvalue weighted by Crippen LogP contribution is -2.17. The number of carbonyl (C=O) groups excluding carboxylic acids is 1. The monoisotopic (exact) mass is 433 g/mol. The molecule has 0 saturated carbocycles. The van der Waals surface area contributed by atoms with E-state index in [1.54, 1.807) is 36.4 Å². The summed E-state index contributed by atoms with van der Waals surface area (Å²) in [5.41, 5.74) is 1.92. The molecule has 0 fully saturated rings. The highest BCUT2D eigenvalue weighted by Gasteiger charge is 2.14. The third kappa shape index (κ3) is 3.87. The van der Waals surface area contributed by atoms with E-state index < -0.39 is 6.09 Å². The molecule has 0 atom stereocenters. The van der Waals surface area contributed by atoms with Crippen molar-refractivity contribution in [3.05, 3.63) is 64.0 Å². The predicted octanol–water partition coefficient (Wildman–Crippen LogP) is 5.59. The van der Waals surface area contributed by atoms with Crippen LogP contribution >= 0.6 is 34.8 Å². The number of carbonyl (C=O) groups is 1. The Hall–Kier alpha value is -2.87. The van der Waals surface area contributed by atoms with Crippen LogP contribution in [0, 0.1) is 0 Å². The summed E-state index contributed by atoms with van der Waals surface area (Å²) in [6.45, 7) is 0. The molecule has 4 rings (SSSR count). The van der Waals surface area contributed by atoms with Gasteiger partial charge in [0.05, 0.1) is 39.0 Å². The number of imidazole rings is 1. The van der Waals surface area contributed by atoms with E-state index in [1.165, 1.54) is 12.4 Å². The number of rotatable bonds is 3. The smallest absolute Gasteiger partial charge is 0.410 e. The summed E-state index contributed by atoms with van der Waals surface area (Å²) in [4.78, 5) is 27.4. The summed E-state index contributed by atoms with van der Waals surface area (Å²) < 4.78 is 5.27. The third-order valence-corrected chi connectivity index (χ3v) is 4.51. The highest BCUT2D eigenvalue weighted by atomic mass is 35.5. The molecule has 2 aromatic heterocycles. The normalized spacial score (nSPS) is 10.8. The first-order chi connectivity index (χ1) is 13.5. The Labute approximate surface area is 173 Å². The summed E-state index contributed by atoms with van der Waals surface area (Å²) in [7, 11) is 0. The first-order valence-corrected chi connectivity index (χ1v) is 9.03. The van der Waals surface area contributed by atoms with E-state index in [4.69, 9.17) is 39.5 Å². The molecule has 2 N–H and O–H groups in total. The number of halogens is 3. The van der Waals surface area contributed by atoms with Crippen LogP contribution in [0.4, 0.5) is 10.6 Å². The molecule has 10 heteroatoms. The fourth-order valence-corrected chi connectivity index (χ4v) is 3.26. The number of H-pyrrole nitrogens is 1. The molecule has 0 aliphatic heterocycles. The van der Waals surface area contributed by atoms with Crippen molar-refractivity contribution in [3.63, 3.8) is 0 Å². The van der Waals surface area contributed by atoms with E-state index >= 15 is 0 Å². The number of aromatic nitrogens is 4. The summed E-state index contributed by atoms with van der Waals surface area (Å²) in [5.74, 6) is 0.998. The number of fused-ring (bicyclic) bond motifs is 1. The van der Waals surface area contributed by atoms with Crippen molar-refractivity contribution in [2.75, 3.05) is 5.32 Å². The van der Waals surface area contributed by atoms with Gasteiger partial charge in [-0.2, -0.15) is 0 Å². The summed E-state index contributed by atoms with van der Waals surface area (Å²) in [6.07, 6.45) is 1.97. The van der Waals surface area contributed by atoms with Crippen molar-refractivity contribution in [1.29, 1.82) is 0 Å². The van der Waals surface area contributed by atoms with E-state index in [0.717, 1.165) is 0 Å². The lowest BCUT2D eigenvalue weighted by Gasteiger charge is -2.05. The van der Waals surface area contributed by atoms with Crippen molar-refractivity contribution in [2.45, 2.75) is 0 Å². The molecule has 0 unspecified atom stereocenters. The molecule has 0 saturated heterocycles. The second-order valence-electron chi connectivity index (χ2n) is 5.60. The van der Waals surface area contributed by atoms with Gasteiger partial charge < -0.3 is 9.72 Å². The zero-order chi connectivity index (χ0) is 19.7. The number of benzene rings is 2. The van der Waals surface area contributed by atoms with Crippen LogP contribution in [0.25, 0.3) is 22.4 Å². The van der Waals surface area contributed by atoms with Crippen molar-refractivity contribution in [3.8, 4) is 17.1 Å². The highest BCUT2D eigenvalue weighted by Crippen LogP contribution is 2.34. The van der Waals surface area contributed by atoms with E-state index in [1.807, 2.05) is 0 Å². The van der Waals surface area contributed by atoms with E-state index in [2.05, 4.69) is 25.3 Å². The average Bonchev–Trinajstić information content (AvgIpc) is 3.04. The minimum atomic E-state index is -0.732. The zero-order valence-electron chi connectivity index (χ0n) is 13.9. The predicted molar refractivity (Wildman–Crippen MR) is 108 cm³/mol. The number of aromatic amines is 1. The van der Waals surface area contributed by atoms with Crippen LogP contribution in [0.2, 0.25) is 15.2 Å². The number of ether oxygens (including phenoxy) is 1. The second kappa shape index (κ2) is 7.63. The molecule has 140 valence electrons. The number of hydrogen-bond acceptors (Lipinski definition) is 5. The van der Waals surface area contributed by atoms with E-state index in [9.17, 15) is 4.79 Å². The molecule has 0 aliphatic rings. The zero-order valence-corrected chi connectivity index (χ0v) is 16.2. The Bertz CT molecular complexity index is 1170. The number of anilines is 1. The van der Waals surface area contributed by atoms with Gasteiger partial charge in [0.1, 0.15) is 16.7 Å². The molecule has 2 heterocycles. The van der Waals surface area contributed by atoms with Gasteiger partial charge in [-0.1, -0.05) is 40.9 Å². The number of nitrogens with one attached hydrogen (secondary N) is 2. The molecule has 0 bridgehead atoms. The Morgan fingerprint density at radius 3 is 2.57 bits per heavy atom. The van der Waals surface area contributed by atoms with Gasteiger partial charge in [-0.05, 0) is 24.3 Å². The molecular formula is C18H10Cl3N5O2. The molecule has 4 aromatic rings. The molecule has 1 amide bonds. The number of hydrogen-bond donors (Lipinski definition) is 2. The Kier molecular flexibility index (Phi) is 5.04. The van der Waals surface area contributed by atoms with Crippen molar-refractivity contribution >= 4 is 57.7 Å². The van der Waals surface area contributed by atoms with Crippen molar-refractivity contribution < 1.29 is 9.53 Å². The lowest BCUT2D eigenvalue weighted by molar-refractivity contribution is 0.215. The van der Waals surface area contributed by atoms with Gasteiger partial charge in [0.15, 0.2) is 5.82 Å². The van der Waals surface area contributed by atoms with E-state index in [0.29, 0.717) is 38.2 Å². The molecule has 0 spiro atoms. The molecular weight excluding hydrogens is 425 g/mol. The Morgan fingerprint density at radius 2 is 1.82 bits per heavy atom. The molecule has 28 heavy (non-hydrogen) atoms. The molecule has 0 aliphatic carbocycles. The molecule has 0 radical (unpaired) electrons. The van der Waals surface area contributed by atoms with Gasteiger partial charge >= 0.3 is 6.09 Å². The van der Waals surface area contributed by atoms with Crippen LogP contribution in [-0.4, -0.2) is 26.0 Å². The van der Waals surface area contributed by atoms with Gasteiger partial charge in [0.2, 0.25) is 0 Å². The van der Waals surface area contributed by atoms with Gasteiger partial charge in [-0.25, -0.2) is 14.8 Å². The van der Waals surface area contributed by atoms with E-state index in [-0.39, 0.29) is 11.0 Å². The summed E-state index contributed by atoms with van der Waals surface area (Å²) in [6, 6.07) is 10.2. The summed E-state index contributed by atoms with van der Waals surface area (Å²) >= 11 is 18.2. The van der Waals surface area contributed by atoms with Crippen LogP contribution < -0.4 is 10.1 Å². The maximum Gasteiger partial charge on any atom is 0.418 e. The van der Waals surface area contributed by atoms with Gasteiger partial charge in [0.25, 0.3) is 0 Å². The van der Waals surface area contributed by atoms with Gasteiger partial charge in [-0.3, -0.25) is 10.3 Å². The lowest BCUT2D eigenvalue weighted by atomic mass is 10.2. The fourth-order valence-electron chi connectivity index (χ4n) is 2.53. The van der Waals surface area contributed by atoms with Crippen LogP contribution in [0.5, 0.6) is 5.75 Å². The Morgan fingerprint density at radius 1 is 1.04 bits per heavy atom. The van der Waals surface area contributed by atoms with Gasteiger partial charge in [-0.15, -0.1) is 0 Å². The van der Waals surface area contributed by atoms with Crippen LogP contribution in [0.1, 0.15) is 0 Å². The third-order valence-electron chi connectivity index (χ3n) is 3.70. The first-order valence-electron chi connectivity index (χ1n) is 7.90. The first kappa shape index (κ1) is 18.5. The van der Waals surface area contributed by atoms with Crippen LogP contribution in [0.3, 0.4) is 0 Å². The minimum Gasteiger partial charge on any atom is -0.410 e.